The van der Waals surface area contributed by atoms with Crippen LogP contribution in [0.2, 0.25) is 0 Å². The van der Waals surface area contributed by atoms with Crippen LogP contribution >= 0.6 is 0 Å². The zero-order valence-corrected chi connectivity index (χ0v) is 20.6. The average molecular weight is 486 g/mol. The maximum absolute atomic E-state index is 13.4. The van der Waals surface area contributed by atoms with Gasteiger partial charge in [0.2, 0.25) is 5.91 Å². The van der Waals surface area contributed by atoms with Crippen molar-refractivity contribution in [3.05, 3.63) is 101 Å². The van der Waals surface area contributed by atoms with Crippen molar-refractivity contribution in [3.8, 4) is 0 Å². The van der Waals surface area contributed by atoms with Crippen LogP contribution in [0.1, 0.15) is 41.1 Å². The van der Waals surface area contributed by atoms with Gasteiger partial charge in [0.25, 0.3) is 5.91 Å². The van der Waals surface area contributed by atoms with E-state index in [0.717, 1.165) is 22.4 Å². The maximum atomic E-state index is 13.4. The van der Waals surface area contributed by atoms with E-state index in [-0.39, 0.29) is 18.4 Å². The molecule has 7 nitrogen and oxygen atoms in total. The minimum Gasteiger partial charge on any atom is -0.445 e. The molecule has 0 spiro atoms. The number of para-hydroxylation sites is 1. The van der Waals surface area contributed by atoms with Crippen LogP contribution in [0.4, 0.5) is 10.5 Å². The third kappa shape index (κ3) is 5.92. The molecule has 2 N–H and O–H groups in total. The van der Waals surface area contributed by atoms with E-state index in [9.17, 15) is 14.4 Å². The minimum atomic E-state index is -0.916. The SMILES string of the molecule is Cc1cccc(C)c1NC(=O)[C@@H](NC(=O)[C@@H]1CCCN1C(=O)OCc1ccccc1)c1ccccc1. The van der Waals surface area contributed by atoms with Gasteiger partial charge in [-0.2, -0.15) is 0 Å². The van der Waals surface area contributed by atoms with Gasteiger partial charge in [-0.25, -0.2) is 4.79 Å². The number of aryl methyl sites for hydroxylation is 2. The molecule has 1 fully saturated rings. The molecule has 3 aromatic carbocycles. The molecule has 0 aromatic heterocycles. The molecule has 7 heteroatoms. The van der Waals surface area contributed by atoms with Crippen molar-refractivity contribution in [1.82, 2.24) is 10.2 Å². The molecule has 0 saturated carbocycles. The number of likely N-dealkylation sites (tertiary alicyclic amines) is 1. The molecule has 3 amide bonds. The quantitative estimate of drug-likeness (QED) is 0.498. The lowest BCUT2D eigenvalue weighted by Gasteiger charge is -2.26. The van der Waals surface area contributed by atoms with Crippen LogP contribution < -0.4 is 10.6 Å². The minimum absolute atomic E-state index is 0.134. The molecule has 0 unspecified atom stereocenters. The van der Waals surface area contributed by atoms with E-state index in [4.69, 9.17) is 4.74 Å². The zero-order chi connectivity index (χ0) is 25.5. The molecule has 2 atom stereocenters. The molecular weight excluding hydrogens is 454 g/mol. The van der Waals surface area contributed by atoms with Crippen molar-refractivity contribution in [2.24, 2.45) is 0 Å². The Morgan fingerprint density at radius 1 is 0.917 bits per heavy atom. The van der Waals surface area contributed by atoms with E-state index in [1.54, 1.807) is 12.1 Å². The number of hydrogen-bond acceptors (Lipinski definition) is 4. The normalized spacial score (nSPS) is 15.7. The largest absolute Gasteiger partial charge is 0.445 e. The van der Waals surface area contributed by atoms with Crippen molar-refractivity contribution in [1.29, 1.82) is 0 Å². The molecule has 0 aliphatic carbocycles. The molecule has 36 heavy (non-hydrogen) atoms. The second-order valence-electron chi connectivity index (χ2n) is 9.00. The molecule has 4 rings (SSSR count). The summed E-state index contributed by atoms with van der Waals surface area (Å²) in [6.07, 6.45) is 0.655. The first kappa shape index (κ1) is 25.0. The molecule has 1 saturated heterocycles. The Hall–Kier alpha value is -4.13. The Kier molecular flexibility index (Phi) is 8.00. The summed E-state index contributed by atoms with van der Waals surface area (Å²) < 4.78 is 5.46. The van der Waals surface area contributed by atoms with Gasteiger partial charge in [0.15, 0.2) is 0 Å². The van der Waals surface area contributed by atoms with E-state index in [1.807, 2.05) is 80.6 Å². The van der Waals surface area contributed by atoms with Gasteiger partial charge in [-0.3, -0.25) is 14.5 Å². The average Bonchev–Trinajstić information content (AvgIpc) is 3.39. The lowest BCUT2D eigenvalue weighted by Crippen LogP contribution is -2.48. The summed E-state index contributed by atoms with van der Waals surface area (Å²) in [6.45, 7) is 4.41. The predicted molar refractivity (Wildman–Crippen MR) is 138 cm³/mol. The second kappa shape index (κ2) is 11.5. The van der Waals surface area contributed by atoms with Gasteiger partial charge in [0.1, 0.15) is 18.7 Å². The van der Waals surface area contributed by atoms with E-state index in [0.29, 0.717) is 24.9 Å². The fraction of sp³-hybridized carbons (Fsp3) is 0.276. The predicted octanol–water partition coefficient (Wildman–Crippen LogP) is 4.90. The summed E-state index contributed by atoms with van der Waals surface area (Å²) in [5, 5.41) is 5.88. The molecule has 186 valence electrons. The maximum Gasteiger partial charge on any atom is 0.410 e. The number of carbonyl (C=O) groups excluding carboxylic acids is 3. The fourth-order valence-electron chi connectivity index (χ4n) is 4.45. The first-order valence-corrected chi connectivity index (χ1v) is 12.1. The fourth-order valence-corrected chi connectivity index (χ4v) is 4.45. The Morgan fingerprint density at radius 3 is 2.22 bits per heavy atom. The van der Waals surface area contributed by atoms with Gasteiger partial charge in [0, 0.05) is 12.2 Å². The molecule has 0 radical (unpaired) electrons. The van der Waals surface area contributed by atoms with Crippen LogP contribution in [0.3, 0.4) is 0 Å². The number of nitrogens with one attached hydrogen (secondary N) is 2. The van der Waals surface area contributed by atoms with Gasteiger partial charge in [0.05, 0.1) is 0 Å². The zero-order valence-electron chi connectivity index (χ0n) is 20.6. The Labute approximate surface area is 211 Å². The molecule has 0 bridgehead atoms. The summed E-state index contributed by atoms with van der Waals surface area (Å²) in [6, 6.07) is 22.7. The number of carbonyl (C=O) groups is 3. The smallest absolute Gasteiger partial charge is 0.410 e. The van der Waals surface area contributed by atoms with E-state index >= 15 is 0 Å². The number of nitrogens with zero attached hydrogens (tertiary/aromatic N) is 1. The lowest BCUT2D eigenvalue weighted by atomic mass is 10.0. The van der Waals surface area contributed by atoms with Crippen LogP contribution in [0.25, 0.3) is 0 Å². The number of anilines is 1. The molecule has 1 aliphatic heterocycles. The molecule has 1 aliphatic rings. The van der Waals surface area contributed by atoms with Crippen LogP contribution in [0.15, 0.2) is 78.9 Å². The molecule has 1 heterocycles. The number of amides is 3. The summed E-state index contributed by atoms with van der Waals surface area (Å²) in [7, 11) is 0. The van der Waals surface area contributed by atoms with Crippen LogP contribution in [0.5, 0.6) is 0 Å². The first-order valence-electron chi connectivity index (χ1n) is 12.1. The number of benzene rings is 3. The Bertz CT molecular complexity index is 1190. The number of ether oxygens (including phenoxy) is 1. The third-order valence-corrected chi connectivity index (χ3v) is 6.41. The van der Waals surface area contributed by atoms with Crippen LogP contribution in [0, 0.1) is 13.8 Å². The first-order chi connectivity index (χ1) is 17.4. The highest BCUT2D eigenvalue weighted by Gasteiger charge is 2.37. The van der Waals surface area contributed by atoms with Gasteiger partial charge < -0.3 is 15.4 Å². The Balaban J connectivity index is 1.48. The molecule has 3 aromatic rings. The summed E-state index contributed by atoms with van der Waals surface area (Å²) in [5.41, 5.74) is 4.13. The van der Waals surface area contributed by atoms with E-state index < -0.39 is 18.2 Å². The van der Waals surface area contributed by atoms with E-state index in [1.165, 1.54) is 4.90 Å². The van der Waals surface area contributed by atoms with Crippen molar-refractivity contribution in [2.45, 2.75) is 45.4 Å². The van der Waals surface area contributed by atoms with Crippen LogP contribution in [-0.4, -0.2) is 35.4 Å². The number of hydrogen-bond donors (Lipinski definition) is 2. The number of rotatable bonds is 7. The Morgan fingerprint density at radius 2 is 1.56 bits per heavy atom. The van der Waals surface area contributed by atoms with Gasteiger partial charge in [-0.15, -0.1) is 0 Å². The topological polar surface area (TPSA) is 87.7 Å². The summed E-state index contributed by atoms with van der Waals surface area (Å²) >= 11 is 0. The van der Waals surface area contributed by atoms with E-state index in [2.05, 4.69) is 10.6 Å². The van der Waals surface area contributed by atoms with Crippen molar-refractivity contribution < 1.29 is 19.1 Å². The van der Waals surface area contributed by atoms with Crippen molar-refractivity contribution in [2.75, 3.05) is 11.9 Å². The highest BCUT2D eigenvalue weighted by Crippen LogP contribution is 2.24. The van der Waals surface area contributed by atoms with Gasteiger partial charge in [-0.1, -0.05) is 78.9 Å². The highest BCUT2D eigenvalue weighted by molar-refractivity contribution is 5.99. The monoisotopic (exact) mass is 485 g/mol. The lowest BCUT2D eigenvalue weighted by molar-refractivity contribution is -0.129. The summed E-state index contributed by atoms with van der Waals surface area (Å²) in [4.78, 5) is 41.0. The van der Waals surface area contributed by atoms with Crippen molar-refractivity contribution in [3.63, 3.8) is 0 Å². The summed E-state index contributed by atoms with van der Waals surface area (Å²) in [5.74, 6) is -0.724. The third-order valence-electron chi connectivity index (χ3n) is 6.41. The van der Waals surface area contributed by atoms with Gasteiger partial charge in [-0.05, 0) is 48.9 Å². The second-order valence-corrected chi connectivity index (χ2v) is 9.00. The standard InChI is InChI=1S/C29H31N3O4/c1-20-11-9-12-21(2)25(20)30-28(34)26(23-15-7-4-8-16-23)31-27(33)24-17-10-18-32(24)29(35)36-19-22-13-5-3-6-14-22/h3-9,11-16,24,26H,10,17-19H2,1-2H3,(H,30,34)(H,31,33)/t24-,26-/m0/s1. The highest BCUT2D eigenvalue weighted by atomic mass is 16.6. The van der Waals surface area contributed by atoms with Gasteiger partial charge >= 0.3 is 6.09 Å². The van der Waals surface area contributed by atoms with Crippen LogP contribution in [-0.2, 0) is 20.9 Å². The van der Waals surface area contributed by atoms with Crippen molar-refractivity contribution >= 4 is 23.6 Å². The molecular formula is C29H31N3O4.